The molecule has 1 aliphatic rings. The number of thioether (sulfide) groups is 1. The van der Waals surface area contributed by atoms with Gasteiger partial charge < -0.3 is 5.32 Å². The van der Waals surface area contributed by atoms with E-state index in [-0.39, 0.29) is 0 Å². The minimum Gasteiger partial charge on any atom is -0.314 e. The van der Waals surface area contributed by atoms with Gasteiger partial charge >= 0.3 is 0 Å². The number of hydrogen-bond donors (Lipinski definition) is 1. The van der Waals surface area contributed by atoms with Crippen molar-refractivity contribution in [3.8, 4) is 0 Å². The Morgan fingerprint density at radius 2 is 1.79 bits per heavy atom. The van der Waals surface area contributed by atoms with E-state index in [1.165, 1.54) is 29.8 Å². The van der Waals surface area contributed by atoms with Crippen molar-refractivity contribution in [2.24, 2.45) is 0 Å². The predicted molar refractivity (Wildman–Crippen MR) is 82.7 cm³/mol. The van der Waals surface area contributed by atoms with Gasteiger partial charge in [-0.3, -0.25) is 0 Å². The third kappa shape index (κ3) is 4.18. The summed E-state index contributed by atoms with van der Waals surface area (Å²) in [6.07, 6.45) is 7.90. The summed E-state index contributed by atoms with van der Waals surface area (Å²) in [4.78, 5) is 9.49. The van der Waals surface area contributed by atoms with E-state index >= 15 is 0 Å². The summed E-state index contributed by atoms with van der Waals surface area (Å²) in [5.74, 6) is 1.92. The molecule has 0 aliphatic heterocycles. The standard InChI is InChI=1S/C15H25N3S/c1-4-13-12(8-9-16-11-6-7-11)14(5-2)18-15(17-13)10-19-3/h11,16H,4-10H2,1-3H3. The lowest BCUT2D eigenvalue weighted by Gasteiger charge is -2.14. The van der Waals surface area contributed by atoms with Crippen molar-refractivity contribution in [1.29, 1.82) is 0 Å². The molecule has 106 valence electrons. The molecule has 2 rings (SSSR count). The Morgan fingerprint density at radius 1 is 1.16 bits per heavy atom. The highest BCUT2D eigenvalue weighted by atomic mass is 32.2. The average molecular weight is 279 g/mol. The molecule has 4 heteroatoms. The van der Waals surface area contributed by atoms with Crippen LogP contribution in [0.25, 0.3) is 0 Å². The molecule has 1 saturated carbocycles. The first-order valence-electron chi connectivity index (χ1n) is 7.38. The Labute approximate surface area is 121 Å². The summed E-state index contributed by atoms with van der Waals surface area (Å²) in [6.45, 7) is 5.46. The molecule has 19 heavy (non-hydrogen) atoms. The molecule has 0 unspecified atom stereocenters. The van der Waals surface area contributed by atoms with E-state index in [9.17, 15) is 0 Å². The molecule has 1 aliphatic carbocycles. The maximum Gasteiger partial charge on any atom is 0.138 e. The molecule has 1 heterocycles. The van der Waals surface area contributed by atoms with Gasteiger partial charge in [-0.2, -0.15) is 11.8 Å². The molecule has 1 aromatic rings. The van der Waals surface area contributed by atoms with E-state index in [2.05, 4.69) is 25.4 Å². The van der Waals surface area contributed by atoms with Crippen LogP contribution < -0.4 is 5.32 Å². The molecule has 0 saturated heterocycles. The molecule has 0 amide bonds. The second kappa shape index (κ2) is 7.25. The van der Waals surface area contributed by atoms with Crippen LogP contribution in [0.15, 0.2) is 0 Å². The van der Waals surface area contributed by atoms with Crippen molar-refractivity contribution in [1.82, 2.24) is 15.3 Å². The smallest absolute Gasteiger partial charge is 0.138 e. The molecule has 0 aromatic carbocycles. The number of nitrogens with zero attached hydrogens (tertiary/aromatic N) is 2. The first-order valence-corrected chi connectivity index (χ1v) is 8.77. The van der Waals surface area contributed by atoms with Crippen LogP contribution in [0.1, 0.15) is 49.5 Å². The average Bonchev–Trinajstić information content (AvgIpc) is 3.24. The van der Waals surface area contributed by atoms with Gasteiger partial charge in [0.2, 0.25) is 0 Å². The van der Waals surface area contributed by atoms with E-state index in [0.29, 0.717) is 0 Å². The van der Waals surface area contributed by atoms with Gasteiger partial charge in [0.25, 0.3) is 0 Å². The maximum atomic E-state index is 4.74. The lowest BCUT2D eigenvalue weighted by molar-refractivity contribution is 0.669. The van der Waals surface area contributed by atoms with E-state index < -0.39 is 0 Å². The third-order valence-electron chi connectivity index (χ3n) is 3.55. The highest BCUT2D eigenvalue weighted by Crippen LogP contribution is 2.20. The molecule has 0 spiro atoms. The van der Waals surface area contributed by atoms with Crippen LogP contribution in [0.4, 0.5) is 0 Å². The number of nitrogens with one attached hydrogen (secondary N) is 1. The van der Waals surface area contributed by atoms with Crippen LogP contribution in [0.2, 0.25) is 0 Å². The monoisotopic (exact) mass is 279 g/mol. The van der Waals surface area contributed by atoms with Crippen LogP contribution in [0.5, 0.6) is 0 Å². The van der Waals surface area contributed by atoms with E-state index in [1.807, 2.05) is 0 Å². The number of rotatable bonds is 8. The largest absolute Gasteiger partial charge is 0.314 e. The fraction of sp³-hybridized carbons (Fsp3) is 0.733. The van der Waals surface area contributed by atoms with Gasteiger partial charge in [0, 0.05) is 17.4 Å². The van der Waals surface area contributed by atoms with Crippen LogP contribution in [0, 0.1) is 0 Å². The fourth-order valence-corrected chi connectivity index (χ4v) is 2.78. The van der Waals surface area contributed by atoms with Gasteiger partial charge in [0.15, 0.2) is 0 Å². The number of hydrogen-bond acceptors (Lipinski definition) is 4. The lowest BCUT2D eigenvalue weighted by atomic mass is 10.0. The van der Waals surface area contributed by atoms with Crippen molar-refractivity contribution in [2.45, 2.75) is 57.7 Å². The Morgan fingerprint density at radius 3 is 2.26 bits per heavy atom. The van der Waals surface area contributed by atoms with Crippen molar-refractivity contribution in [3.05, 3.63) is 22.8 Å². The fourth-order valence-electron chi connectivity index (χ4n) is 2.39. The second-order valence-corrected chi connectivity index (χ2v) is 6.00. The first kappa shape index (κ1) is 14.8. The van der Waals surface area contributed by atoms with Crippen LogP contribution in [0.3, 0.4) is 0 Å². The zero-order valence-electron chi connectivity index (χ0n) is 12.3. The molecule has 0 radical (unpaired) electrons. The number of aryl methyl sites for hydroxylation is 2. The highest BCUT2D eigenvalue weighted by Gasteiger charge is 2.20. The van der Waals surface area contributed by atoms with E-state index in [1.54, 1.807) is 11.8 Å². The van der Waals surface area contributed by atoms with Crippen molar-refractivity contribution in [2.75, 3.05) is 12.8 Å². The summed E-state index contributed by atoms with van der Waals surface area (Å²) in [5.41, 5.74) is 3.91. The SMILES string of the molecule is CCc1nc(CSC)nc(CC)c1CCNC1CC1. The van der Waals surface area contributed by atoms with Gasteiger partial charge in [-0.25, -0.2) is 9.97 Å². The lowest BCUT2D eigenvalue weighted by Crippen LogP contribution is -2.21. The molecule has 1 aromatic heterocycles. The Hall–Kier alpha value is -0.610. The molecule has 1 N–H and O–H groups in total. The van der Waals surface area contributed by atoms with Crippen LogP contribution in [-0.4, -0.2) is 28.8 Å². The van der Waals surface area contributed by atoms with Crippen LogP contribution in [-0.2, 0) is 25.0 Å². The minimum atomic E-state index is 0.784. The third-order valence-corrected chi connectivity index (χ3v) is 4.10. The Bertz CT molecular complexity index is 391. The summed E-state index contributed by atoms with van der Waals surface area (Å²) in [7, 11) is 0. The summed E-state index contributed by atoms with van der Waals surface area (Å²) in [5, 5.41) is 3.59. The van der Waals surface area contributed by atoms with Crippen molar-refractivity contribution < 1.29 is 0 Å². The summed E-state index contributed by atoms with van der Waals surface area (Å²) >= 11 is 1.79. The zero-order chi connectivity index (χ0) is 13.7. The topological polar surface area (TPSA) is 37.8 Å². The molecule has 1 fully saturated rings. The number of aromatic nitrogens is 2. The van der Waals surface area contributed by atoms with Crippen molar-refractivity contribution in [3.63, 3.8) is 0 Å². The van der Waals surface area contributed by atoms with Gasteiger partial charge in [-0.05, 0) is 50.5 Å². The Balaban J connectivity index is 2.12. The summed E-state index contributed by atoms with van der Waals surface area (Å²) < 4.78 is 0. The predicted octanol–water partition coefficient (Wildman–Crippen LogP) is 2.76. The molecule has 0 bridgehead atoms. The molecule has 3 nitrogen and oxygen atoms in total. The summed E-state index contributed by atoms with van der Waals surface area (Å²) in [6, 6.07) is 0.784. The molecular formula is C15H25N3S. The normalized spacial score (nSPS) is 14.9. The second-order valence-electron chi connectivity index (χ2n) is 5.13. The Kier molecular flexibility index (Phi) is 5.64. The van der Waals surface area contributed by atoms with E-state index in [0.717, 1.165) is 43.4 Å². The zero-order valence-corrected chi connectivity index (χ0v) is 13.1. The van der Waals surface area contributed by atoms with Crippen molar-refractivity contribution >= 4 is 11.8 Å². The van der Waals surface area contributed by atoms with E-state index in [4.69, 9.17) is 9.97 Å². The van der Waals surface area contributed by atoms with Gasteiger partial charge in [-0.1, -0.05) is 13.8 Å². The van der Waals surface area contributed by atoms with Gasteiger partial charge in [0.1, 0.15) is 5.82 Å². The maximum absolute atomic E-state index is 4.74. The minimum absolute atomic E-state index is 0.784. The van der Waals surface area contributed by atoms with Gasteiger partial charge in [-0.15, -0.1) is 0 Å². The molecule has 0 atom stereocenters. The first-order chi connectivity index (χ1) is 9.28. The van der Waals surface area contributed by atoms with Crippen LogP contribution >= 0.6 is 11.8 Å². The highest BCUT2D eigenvalue weighted by molar-refractivity contribution is 7.97. The molecular weight excluding hydrogens is 254 g/mol. The quantitative estimate of drug-likeness (QED) is 0.794. The van der Waals surface area contributed by atoms with Gasteiger partial charge in [0.05, 0.1) is 5.75 Å².